The van der Waals surface area contributed by atoms with Crippen molar-refractivity contribution < 1.29 is 13.6 Å². The number of carbonyl (C=O) groups is 1. The third kappa shape index (κ3) is 2.19. The number of halogens is 3. The van der Waals surface area contributed by atoms with Gasteiger partial charge in [0.25, 0.3) is 6.43 Å². The predicted octanol–water partition coefficient (Wildman–Crippen LogP) is 1.64. The van der Waals surface area contributed by atoms with Crippen LogP contribution >= 0.6 is 11.6 Å². The number of primary amides is 1. The van der Waals surface area contributed by atoms with E-state index in [1.807, 2.05) is 0 Å². The predicted molar refractivity (Wildman–Crippen MR) is 47.4 cm³/mol. The van der Waals surface area contributed by atoms with Gasteiger partial charge in [0.15, 0.2) is 0 Å². The lowest BCUT2D eigenvalue weighted by atomic mass is 10.1. The molecule has 1 heterocycles. The molecule has 0 atom stereocenters. The van der Waals surface area contributed by atoms with Crippen molar-refractivity contribution in [1.29, 1.82) is 5.26 Å². The van der Waals surface area contributed by atoms with Crippen molar-refractivity contribution in [3.8, 4) is 6.07 Å². The number of hydrogen-bond acceptors (Lipinski definition) is 3. The maximum absolute atomic E-state index is 12.5. The number of hydrogen-bond donors (Lipinski definition) is 1. The van der Waals surface area contributed by atoms with Gasteiger partial charge in [0.2, 0.25) is 5.91 Å². The fourth-order valence-corrected chi connectivity index (χ4v) is 1.27. The summed E-state index contributed by atoms with van der Waals surface area (Å²) in [5.41, 5.74) is 3.41. The molecule has 1 aromatic rings. The Labute approximate surface area is 88.3 Å². The van der Waals surface area contributed by atoms with E-state index in [1.165, 1.54) is 0 Å². The summed E-state index contributed by atoms with van der Waals surface area (Å²) in [6.45, 7) is 0. The van der Waals surface area contributed by atoms with Gasteiger partial charge < -0.3 is 5.73 Å². The van der Waals surface area contributed by atoms with E-state index in [-0.39, 0.29) is 5.69 Å². The van der Waals surface area contributed by atoms with Crippen molar-refractivity contribution in [2.24, 2.45) is 5.73 Å². The molecule has 0 aliphatic heterocycles. The number of amides is 1. The average molecular weight is 232 g/mol. The minimum Gasteiger partial charge on any atom is -0.366 e. The Morgan fingerprint density at radius 2 is 2.27 bits per heavy atom. The number of pyridine rings is 1. The fraction of sp³-hybridized carbons (Fsp3) is 0.125. The van der Waals surface area contributed by atoms with Gasteiger partial charge in [0.05, 0.1) is 11.1 Å². The molecule has 0 aromatic carbocycles. The molecule has 7 heteroatoms. The Kier molecular flexibility index (Phi) is 3.17. The van der Waals surface area contributed by atoms with E-state index in [0.717, 1.165) is 6.07 Å². The number of nitrogens with zero attached hydrogens (tertiary/aromatic N) is 2. The molecule has 0 aliphatic rings. The van der Waals surface area contributed by atoms with Crippen LogP contribution in [0.5, 0.6) is 0 Å². The van der Waals surface area contributed by atoms with Gasteiger partial charge in [0, 0.05) is 0 Å². The second kappa shape index (κ2) is 4.19. The van der Waals surface area contributed by atoms with Crippen LogP contribution in [0, 0.1) is 11.3 Å². The zero-order chi connectivity index (χ0) is 11.6. The smallest absolute Gasteiger partial charge is 0.267 e. The highest BCUT2D eigenvalue weighted by Crippen LogP contribution is 2.29. The molecule has 2 N–H and O–H groups in total. The molecule has 0 saturated heterocycles. The molecule has 0 unspecified atom stereocenters. The van der Waals surface area contributed by atoms with Crippen LogP contribution in [-0.2, 0) is 0 Å². The second-order valence-electron chi connectivity index (χ2n) is 2.54. The first-order valence-electron chi connectivity index (χ1n) is 3.66. The lowest BCUT2D eigenvalue weighted by Gasteiger charge is -2.07. The minimum atomic E-state index is -2.97. The van der Waals surface area contributed by atoms with E-state index in [4.69, 9.17) is 22.6 Å². The third-order valence-corrected chi connectivity index (χ3v) is 1.90. The zero-order valence-electron chi connectivity index (χ0n) is 7.17. The first-order valence-corrected chi connectivity index (χ1v) is 4.03. The molecule has 0 aliphatic carbocycles. The summed E-state index contributed by atoms with van der Waals surface area (Å²) in [7, 11) is 0. The van der Waals surface area contributed by atoms with Crippen LogP contribution in [0.25, 0.3) is 0 Å². The van der Waals surface area contributed by atoms with Crippen molar-refractivity contribution in [3.63, 3.8) is 0 Å². The number of rotatable bonds is 2. The van der Waals surface area contributed by atoms with Crippen LogP contribution in [0.1, 0.15) is 28.0 Å². The number of nitriles is 1. The Hall–Kier alpha value is -1.74. The van der Waals surface area contributed by atoms with Crippen LogP contribution in [-0.4, -0.2) is 10.9 Å². The molecule has 0 bridgehead atoms. The summed E-state index contributed by atoms with van der Waals surface area (Å²) in [6.07, 6.45) is -2.97. The van der Waals surface area contributed by atoms with Crippen molar-refractivity contribution in [2.45, 2.75) is 6.43 Å². The van der Waals surface area contributed by atoms with E-state index in [0.29, 0.717) is 0 Å². The topological polar surface area (TPSA) is 79.8 Å². The molecule has 0 saturated carbocycles. The molecular weight excluding hydrogens is 228 g/mol. The van der Waals surface area contributed by atoms with Crippen molar-refractivity contribution in [3.05, 3.63) is 28.0 Å². The quantitative estimate of drug-likeness (QED) is 0.786. The highest BCUT2D eigenvalue weighted by Gasteiger charge is 2.22. The molecule has 1 aromatic heterocycles. The lowest BCUT2D eigenvalue weighted by Crippen LogP contribution is -2.15. The van der Waals surface area contributed by atoms with E-state index in [9.17, 15) is 13.6 Å². The monoisotopic (exact) mass is 231 g/mol. The molecule has 0 fully saturated rings. The first-order chi connectivity index (χ1) is 6.97. The molecule has 1 rings (SSSR count). The van der Waals surface area contributed by atoms with Crippen LogP contribution in [0.3, 0.4) is 0 Å². The van der Waals surface area contributed by atoms with Gasteiger partial charge in [-0.25, -0.2) is 13.8 Å². The summed E-state index contributed by atoms with van der Waals surface area (Å²) < 4.78 is 24.9. The van der Waals surface area contributed by atoms with Crippen molar-refractivity contribution in [2.75, 3.05) is 0 Å². The molecule has 0 spiro atoms. The lowest BCUT2D eigenvalue weighted by molar-refractivity contribution is 0.0985. The second-order valence-corrected chi connectivity index (χ2v) is 2.89. The summed E-state index contributed by atoms with van der Waals surface area (Å²) in [6, 6.07) is 2.47. The highest BCUT2D eigenvalue weighted by molar-refractivity contribution is 6.30. The maximum atomic E-state index is 12.5. The minimum absolute atomic E-state index is 0.238. The van der Waals surface area contributed by atoms with E-state index in [1.54, 1.807) is 6.07 Å². The standard InChI is InChI=1S/C8H4ClF2N3O/c9-6-5(7(10)11)4(8(13)15)1-3(2-12)14-6/h1,7H,(H2,13,15). The number of aromatic nitrogens is 1. The van der Waals surface area contributed by atoms with Gasteiger partial charge in [-0.15, -0.1) is 0 Å². The summed E-state index contributed by atoms with van der Waals surface area (Å²) in [5.74, 6) is -1.08. The van der Waals surface area contributed by atoms with Gasteiger partial charge in [-0.1, -0.05) is 11.6 Å². The Morgan fingerprint density at radius 3 is 2.67 bits per heavy atom. The van der Waals surface area contributed by atoms with Gasteiger partial charge in [-0.05, 0) is 6.07 Å². The average Bonchev–Trinajstić information content (AvgIpc) is 2.15. The van der Waals surface area contributed by atoms with Crippen molar-refractivity contribution in [1.82, 2.24) is 4.98 Å². The van der Waals surface area contributed by atoms with Crippen LogP contribution < -0.4 is 5.73 Å². The van der Waals surface area contributed by atoms with Gasteiger partial charge in [0.1, 0.15) is 16.9 Å². The SMILES string of the molecule is N#Cc1cc(C(N)=O)c(C(F)F)c(Cl)n1. The normalized spacial score (nSPS) is 10.1. The van der Waals surface area contributed by atoms with E-state index in [2.05, 4.69) is 4.98 Å². The van der Waals surface area contributed by atoms with E-state index >= 15 is 0 Å². The number of carbonyl (C=O) groups excluding carboxylic acids is 1. The van der Waals surface area contributed by atoms with Crippen LogP contribution in [0.15, 0.2) is 6.07 Å². The van der Waals surface area contributed by atoms with E-state index < -0.39 is 28.6 Å². The van der Waals surface area contributed by atoms with Gasteiger partial charge in [-0.2, -0.15) is 5.26 Å². The molecular formula is C8H4ClF2N3O. The third-order valence-electron chi connectivity index (χ3n) is 1.61. The first kappa shape index (κ1) is 11.3. The molecule has 15 heavy (non-hydrogen) atoms. The fourth-order valence-electron chi connectivity index (χ4n) is 0.993. The summed E-state index contributed by atoms with van der Waals surface area (Å²) >= 11 is 5.40. The van der Waals surface area contributed by atoms with Crippen molar-refractivity contribution >= 4 is 17.5 Å². The largest absolute Gasteiger partial charge is 0.366 e. The number of nitrogens with two attached hydrogens (primary N) is 1. The maximum Gasteiger partial charge on any atom is 0.267 e. The molecule has 1 amide bonds. The van der Waals surface area contributed by atoms with Crippen LogP contribution in [0.4, 0.5) is 8.78 Å². The Balaban J connectivity index is 3.51. The molecule has 4 nitrogen and oxygen atoms in total. The van der Waals surface area contributed by atoms with Gasteiger partial charge in [-0.3, -0.25) is 4.79 Å². The Morgan fingerprint density at radius 1 is 1.67 bits per heavy atom. The zero-order valence-corrected chi connectivity index (χ0v) is 7.92. The van der Waals surface area contributed by atoms with Crippen LogP contribution in [0.2, 0.25) is 5.15 Å². The van der Waals surface area contributed by atoms with Gasteiger partial charge >= 0.3 is 0 Å². The Bertz CT molecular complexity index is 456. The molecule has 78 valence electrons. The molecule has 0 radical (unpaired) electrons. The number of alkyl halides is 2. The highest BCUT2D eigenvalue weighted by atomic mass is 35.5. The summed E-state index contributed by atoms with van der Waals surface area (Å²) in [5, 5.41) is 7.90. The summed E-state index contributed by atoms with van der Waals surface area (Å²) in [4.78, 5) is 14.2.